The lowest BCUT2D eigenvalue weighted by molar-refractivity contribution is -0.122. The molecule has 3 rings (SSSR count). The van der Waals surface area contributed by atoms with Crippen LogP contribution in [0.5, 0.6) is 17.2 Å². The minimum atomic E-state index is -0.608. The Hall–Kier alpha value is -3.47. The highest BCUT2D eigenvalue weighted by Crippen LogP contribution is 2.18. The van der Waals surface area contributed by atoms with E-state index in [9.17, 15) is 4.79 Å². The smallest absolute Gasteiger partial charge is 0.265 e. The summed E-state index contributed by atoms with van der Waals surface area (Å²) in [6, 6.07) is 24.4. The molecule has 0 aliphatic rings. The number of amides is 1. The van der Waals surface area contributed by atoms with E-state index in [1.165, 1.54) is 0 Å². The van der Waals surface area contributed by atoms with Crippen LogP contribution < -0.4 is 19.5 Å². The van der Waals surface area contributed by atoms with Crippen molar-refractivity contribution in [1.82, 2.24) is 0 Å². The van der Waals surface area contributed by atoms with Crippen molar-refractivity contribution in [1.29, 1.82) is 0 Å². The number of para-hydroxylation sites is 1. The first-order valence-electron chi connectivity index (χ1n) is 9.55. The molecular weight excluding hydrogens is 366 g/mol. The predicted molar refractivity (Wildman–Crippen MR) is 114 cm³/mol. The molecule has 0 bridgehead atoms. The highest BCUT2D eigenvalue weighted by molar-refractivity contribution is 5.94. The molecule has 0 aliphatic carbocycles. The highest BCUT2D eigenvalue weighted by atomic mass is 16.5. The molecule has 1 atom stereocenters. The monoisotopic (exact) mass is 391 g/mol. The summed E-state index contributed by atoms with van der Waals surface area (Å²) in [5.74, 6) is 1.99. The summed E-state index contributed by atoms with van der Waals surface area (Å²) >= 11 is 0. The number of aryl methyl sites for hydroxylation is 1. The second kappa shape index (κ2) is 10.2. The Morgan fingerprint density at radius 2 is 1.45 bits per heavy atom. The number of ether oxygens (including phenoxy) is 3. The molecule has 29 heavy (non-hydrogen) atoms. The van der Waals surface area contributed by atoms with Crippen LogP contribution in [0, 0.1) is 6.92 Å². The SMILES string of the molecule is Cc1cccc(OC(C)C(=O)Nc2ccc(OCCOc3ccccc3)cc2)c1. The van der Waals surface area contributed by atoms with Gasteiger partial charge >= 0.3 is 0 Å². The van der Waals surface area contributed by atoms with Crippen LogP contribution in [-0.4, -0.2) is 25.2 Å². The van der Waals surface area contributed by atoms with Gasteiger partial charge in [0.05, 0.1) is 0 Å². The van der Waals surface area contributed by atoms with Gasteiger partial charge in [-0.1, -0.05) is 30.3 Å². The average Bonchev–Trinajstić information content (AvgIpc) is 2.73. The van der Waals surface area contributed by atoms with E-state index in [0.717, 1.165) is 11.3 Å². The van der Waals surface area contributed by atoms with E-state index >= 15 is 0 Å². The van der Waals surface area contributed by atoms with Crippen molar-refractivity contribution >= 4 is 11.6 Å². The van der Waals surface area contributed by atoms with Crippen LogP contribution >= 0.6 is 0 Å². The molecule has 0 heterocycles. The third-order valence-corrected chi connectivity index (χ3v) is 4.16. The van der Waals surface area contributed by atoms with E-state index in [1.807, 2.05) is 73.7 Å². The number of carbonyl (C=O) groups is 1. The van der Waals surface area contributed by atoms with Gasteiger partial charge in [0.15, 0.2) is 6.10 Å². The highest BCUT2D eigenvalue weighted by Gasteiger charge is 2.15. The van der Waals surface area contributed by atoms with Crippen LogP contribution in [0.2, 0.25) is 0 Å². The molecule has 0 spiro atoms. The number of anilines is 1. The summed E-state index contributed by atoms with van der Waals surface area (Å²) in [7, 11) is 0. The van der Waals surface area contributed by atoms with Crippen molar-refractivity contribution in [3.8, 4) is 17.2 Å². The fourth-order valence-corrected chi connectivity index (χ4v) is 2.66. The Kier molecular flexibility index (Phi) is 7.11. The zero-order valence-electron chi connectivity index (χ0n) is 16.6. The number of hydrogen-bond acceptors (Lipinski definition) is 4. The van der Waals surface area contributed by atoms with Gasteiger partial charge in [0.1, 0.15) is 30.5 Å². The van der Waals surface area contributed by atoms with Crippen LogP contribution in [-0.2, 0) is 4.79 Å². The number of rotatable bonds is 9. The van der Waals surface area contributed by atoms with Crippen LogP contribution in [0.25, 0.3) is 0 Å². The molecule has 0 radical (unpaired) electrons. The Morgan fingerprint density at radius 3 is 2.10 bits per heavy atom. The molecule has 0 aromatic heterocycles. The van der Waals surface area contributed by atoms with Crippen LogP contribution in [0.4, 0.5) is 5.69 Å². The first kappa shape index (κ1) is 20.3. The molecule has 0 fully saturated rings. The molecule has 1 amide bonds. The minimum Gasteiger partial charge on any atom is -0.490 e. The Balaban J connectivity index is 1.42. The maximum absolute atomic E-state index is 12.3. The summed E-state index contributed by atoms with van der Waals surface area (Å²) in [6.07, 6.45) is -0.608. The standard InChI is InChI=1S/C24H25NO4/c1-18-7-6-10-23(17-18)29-19(2)24(26)25-20-11-13-22(14-12-20)28-16-15-27-21-8-4-3-5-9-21/h3-14,17,19H,15-16H2,1-2H3,(H,25,26). The second-order valence-corrected chi connectivity index (χ2v) is 6.60. The maximum atomic E-state index is 12.3. The van der Waals surface area contributed by atoms with Gasteiger partial charge in [0, 0.05) is 5.69 Å². The van der Waals surface area contributed by atoms with Crippen LogP contribution in [0.3, 0.4) is 0 Å². The number of hydrogen-bond donors (Lipinski definition) is 1. The molecule has 3 aromatic rings. The lowest BCUT2D eigenvalue weighted by atomic mass is 10.2. The first-order chi connectivity index (χ1) is 14.1. The number of carbonyl (C=O) groups excluding carboxylic acids is 1. The van der Waals surface area contributed by atoms with E-state index < -0.39 is 6.10 Å². The van der Waals surface area contributed by atoms with Crippen molar-refractivity contribution < 1.29 is 19.0 Å². The summed E-state index contributed by atoms with van der Waals surface area (Å²) < 4.78 is 17.0. The zero-order chi connectivity index (χ0) is 20.5. The third-order valence-electron chi connectivity index (χ3n) is 4.16. The van der Waals surface area contributed by atoms with Gasteiger partial charge < -0.3 is 19.5 Å². The van der Waals surface area contributed by atoms with E-state index in [2.05, 4.69) is 5.32 Å². The van der Waals surface area contributed by atoms with Crippen LogP contribution in [0.1, 0.15) is 12.5 Å². The van der Waals surface area contributed by atoms with Crippen molar-refractivity contribution in [3.63, 3.8) is 0 Å². The Labute approximate surface area is 171 Å². The Bertz CT molecular complexity index is 910. The van der Waals surface area contributed by atoms with E-state index in [4.69, 9.17) is 14.2 Å². The molecule has 1 N–H and O–H groups in total. The van der Waals surface area contributed by atoms with Gasteiger partial charge in [-0.05, 0) is 67.9 Å². The lowest BCUT2D eigenvalue weighted by Gasteiger charge is -2.15. The van der Waals surface area contributed by atoms with E-state index in [-0.39, 0.29) is 5.91 Å². The molecular formula is C24H25NO4. The third kappa shape index (κ3) is 6.57. The van der Waals surface area contributed by atoms with Crippen molar-refractivity contribution in [2.45, 2.75) is 20.0 Å². The quantitative estimate of drug-likeness (QED) is 0.529. The summed E-state index contributed by atoms with van der Waals surface area (Å²) in [5, 5.41) is 2.85. The predicted octanol–water partition coefficient (Wildman–Crippen LogP) is 4.86. The van der Waals surface area contributed by atoms with Gasteiger partial charge in [-0.2, -0.15) is 0 Å². The lowest BCUT2D eigenvalue weighted by Crippen LogP contribution is -2.30. The van der Waals surface area contributed by atoms with E-state index in [1.54, 1.807) is 19.1 Å². The van der Waals surface area contributed by atoms with Crippen molar-refractivity contribution in [2.75, 3.05) is 18.5 Å². The Morgan fingerprint density at radius 1 is 0.828 bits per heavy atom. The van der Waals surface area contributed by atoms with Crippen molar-refractivity contribution in [2.24, 2.45) is 0 Å². The van der Waals surface area contributed by atoms with Gasteiger partial charge in [0.2, 0.25) is 0 Å². The molecule has 3 aromatic carbocycles. The normalized spacial score (nSPS) is 11.4. The number of benzene rings is 3. The fraction of sp³-hybridized carbons (Fsp3) is 0.208. The van der Waals surface area contributed by atoms with Crippen LogP contribution in [0.15, 0.2) is 78.9 Å². The topological polar surface area (TPSA) is 56.8 Å². The molecule has 1 unspecified atom stereocenters. The van der Waals surface area contributed by atoms with Gasteiger partial charge in [-0.25, -0.2) is 0 Å². The molecule has 0 saturated carbocycles. The maximum Gasteiger partial charge on any atom is 0.265 e. The largest absolute Gasteiger partial charge is 0.490 e. The minimum absolute atomic E-state index is 0.212. The van der Waals surface area contributed by atoms with Crippen molar-refractivity contribution in [3.05, 3.63) is 84.4 Å². The summed E-state index contributed by atoms with van der Waals surface area (Å²) in [4.78, 5) is 12.3. The molecule has 0 aliphatic heterocycles. The summed E-state index contributed by atoms with van der Waals surface area (Å²) in [6.45, 7) is 4.59. The zero-order valence-corrected chi connectivity index (χ0v) is 16.6. The first-order valence-corrected chi connectivity index (χ1v) is 9.55. The number of nitrogens with one attached hydrogen (secondary N) is 1. The van der Waals surface area contributed by atoms with E-state index in [0.29, 0.717) is 30.4 Å². The van der Waals surface area contributed by atoms with Gasteiger partial charge in [0.25, 0.3) is 5.91 Å². The molecule has 5 nitrogen and oxygen atoms in total. The molecule has 150 valence electrons. The van der Waals surface area contributed by atoms with Gasteiger partial charge in [-0.3, -0.25) is 4.79 Å². The van der Waals surface area contributed by atoms with Gasteiger partial charge in [-0.15, -0.1) is 0 Å². The molecule has 0 saturated heterocycles. The summed E-state index contributed by atoms with van der Waals surface area (Å²) in [5.41, 5.74) is 1.77. The fourth-order valence-electron chi connectivity index (χ4n) is 2.66. The second-order valence-electron chi connectivity index (χ2n) is 6.60. The average molecular weight is 391 g/mol. The molecule has 5 heteroatoms.